The summed E-state index contributed by atoms with van der Waals surface area (Å²) >= 11 is 0. The Morgan fingerprint density at radius 3 is 2.94 bits per heavy atom. The lowest BCUT2D eigenvalue weighted by Gasteiger charge is -2.09. The molecular weight excluding hydrogens is 226 g/mol. The third-order valence-electron chi connectivity index (χ3n) is 2.46. The molecular formula is C14H21N3O. The van der Waals surface area contributed by atoms with Crippen LogP contribution in [0, 0.1) is 5.92 Å². The molecule has 0 aliphatic rings. The van der Waals surface area contributed by atoms with Crippen LogP contribution in [0.15, 0.2) is 31.1 Å². The Bertz CT molecular complexity index is 402. The van der Waals surface area contributed by atoms with Gasteiger partial charge in [0.15, 0.2) is 0 Å². The Morgan fingerprint density at radius 1 is 1.50 bits per heavy atom. The van der Waals surface area contributed by atoms with Crippen molar-refractivity contribution in [1.29, 1.82) is 0 Å². The molecule has 1 heterocycles. The van der Waals surface area contributed by atoms with Crippen LogP contribution in [0.3, 0.4) is 0 Å². The molecule has 0 unspecified atom stereocenters. The molecule has 0 spiro atoms. The predicted molar refractivity (Wildman–Crippen MR) is 74.7 cm³/mol. The standard InChI is InChI=1S/C14H21N3O/c1-4-6-17-14(18)12-8-13(10-15-9-12)16-7-5-11(2)3/h4,8-11,16H,1,5-7H2,2-3H3,(H,17,18). The van der Waals surface area contributed by atoms with E-state index >= 15 is 0 Å². The number of carbonyl (C=O) groups excluding carboxylic acids is 1. The van der Waals surface area contributed by atoms with Gasteiger partial charge in [0.05, 0.1) is 11.3 Å². The normalized spacial score (nSPS) is 10.2. The molecule has 1 aromatic heterocycles. The summed E-state index contributed by atoms with van der Waals surface area (Å²) in [7, 11) is 0. The van der Waals surface area contributed by atoms with Crippen LogP contribution in [-0.2, 0) is 0 Å². The predicted octanol–water partition coefficient (Wildman–Crippen LogP) is 2.46. The number of nitrogens with zero attached hydrogens (tertiary/aromatic N) is 1. The molecule has 1 rings (SSSR count). The van der Waals surface area contributed by atoms with E-state index in [1.807, 2.05) is 6.07 Å². The van der Waals surface area contributed by atoms with Gasteiger partial charge in [-0.25, -0.2) is 0 Å². The number of rotatable bonds is 7. The van der Waals surface area contributed by atoms with Gasteiger partial charge in [-0.3, -0.25) is 9.78 Å². The lowest BCUT2D eigenvalue weighted by Crippen LogP contribution is -2.23. The first-order valence-electron chi connectivity index (χ1n) is 6.21. The molecule has 1 amide bonds. The SMILES string of the molecule is C=CCNC(=O)c1cncc(NCCC(C)C)c1. The monoisotopic (exact) mass is 247 g/mol. The fraction of sp³-hybridized carbons (Fsp3) is 0.429. The van der Waals surface area contributed by atoms with Gasteiger partial charge in [0.1, 0.15) is 0 Å². The van der Waals surface area contributed by atoms with Gasteiger partial charge >= 0.3 is 0 Å². The molecule has 0 saturated carbocycles. The average molecular weight is 247 g/mol. The second-order valence-corrected chi connectivity index (χ2v) is 4.57. The number of aromatic nitrogens is 1. The number of anilines is 1. The number of nitrogens with one attached hydrogen (secondary N) is 2. The maximum atomic E-state index is 11.7. The molecule has 0 aliphatic carbocycles. The van der Waals surface area contributed by atoms with Crippen molar-refractivity contribution in [2.75, 3.05) is 18.4 Å². The smallest absolute Gasteiger partial charge is 0.253 e. The van der Waals surface area contributed by atoms with Crippen LogP contribution in [0.25, 0.3) is 0 Å². The summed E-state index contributed by atoms with van der Waals surface area (Å²) in [5.41, 5.74) is 1.44. The van der Waals surface area contributed by atoms with E-state index in [9.17, 15) is 4.79 Å². The molecule has 0 fully saturated rings. The molecule has 4 heteroatoms. The van der Waals surface area contributed by atoms with Gasteiger partial charge < -0.3 is 10.6 Å². The minimum atomic E-state index is -0.130. The highest BCUT2D eigenvalue weighted by Crippen LogP contribution is 2.09. The molecule has 0 radical (unpaired) electrons. The lowest BCUT2D eigenvalue weighted by molar-refractivity contribution is 0.0957. The van der Waals surface area contributed by atoms with Crippen LogP contribution in [0.4, 0.5) is 5.69 Å². The molecule has 0 aliphatic heterocycles. The largest absolute Gasteiger partial charge is 0.384 e. The van der Waals surface area contributed by atoms with Crippen molar-refractivity contribution in [1.82, 2.24) is 10.3 Å². The van der Waals surface area contributed by atoms with E-state index in [2.05, 4.69) is 36.0 Å². The summed E-state index contributed by atoms with van der Waals surface area (Å²) in [6, 6.07) is 1.81. The van der Waals surface area contributed by atoms with E-state index in [1.165, 1.54) is 0 Å². The van der Waals surface area contributed by atoms with Gasteiger partial charge in [0, 0.05) is 25.5 Å². The third-order valence-corrected chi connectivity index (χ3v) is 2.46. The molecule has 4 nitrogen and oxygen atoms in total. The van der Waals surface area contributed by atoms with Crippen LogP contribution in [-0.4, -0.2) is 24.0 Å². The fourth-order valence-electron chi connectivity index (χ4n) is 1.43. The Morgan fingerprint density at radius 2 is 2.28 bits per heavy atom. The summed E-state index contributed by atoms with van der Waals surface area (Å²) in [5.74, 6) is 0.527. The van der Waals surface area contributed by atoms with Gasteiger partial charge in [0.2, 0.25) is 0 Å². The third kappa shape index (κ3) is 4.99. The zero-order valence-corrected chi connectivity index (χ0v) is 11.1. The fourth-order valence-corrected chi connectivity index (χ4v) is 1.43. The topological polar surface area (TPSA) is 54.0 Å². The average Bonchev–Trinajstić information content (AvgIpc) is 2.36. The van der Waals surface area contributed by atoms with Crippen molar-refractivity contribution in [2.24, 2.45) is 5.92 Å². The van der Waals surface area contributed by atoms with Crippen molar-refractivity contribution in [3.8, 4) is 0 Å². The van der Waals surface area contributed by atoms with Crippen LogP contribution >= 0.6 is 0 Å². The summed E-state index contributed by atoms with van der Waals surface area (Å²) < 4.78 is 0. The second kappa shape index (κ2) is 7.48. The molecule has 1 aromatic rings. The van der Waals surface area contributed by atoms with Crippen molar-refractivity contribution in [3.05, 3.63) is 36.7 Å². The van der Waals surface area contributed by atoms with E-state index in [0.717, 1.165) is 18.7 Å². The van der Waals surface area contributed by atoms with Crippen LogP contribution in [0.2, 0.25) is 0 Å². The number of amides is 1. The van der Waals surface area contributed by atoms with E-state index in [1.54, 1.807) is 18.5 Å². The van der Waals surface area contributed by atoms with Gasteiger partial charge in [-0.1, -0.05) is 19.9 Å². The van der Waals surface area contributed by atoms with Crippen molar-refractivity contribution >= 4 is 11.6 Å². The molecule has 0 saturated heterocycles. The highest BCUT2D eigenvalue weighted by Gasteiger charge is 2.05. The first-order valence-corrected chi connectivity index (χ1v) is 6.21. The van der Waals surface area contributed by atoms with E-state index in [4.69, 9.17) is 0 Å². The molecule has 0 aromatic carbocycles. The molecule has 0 atom stereocenters. The molecule has 18 heavy (non-hydrogen) atoms. The summed E-state index contributed by atoms with van der Waals surface area (Å²) in [5, 5.41) is 5.99. The second-order valence-electron chi connectivity index (χ2n) is 4.57. The summed E-state index contributed by atoms with van der Waals surface area (Å²) in [6.07, 6.45) is 6.03. The van der Waals surface area contributed by atoms with Crippen LogP contribution < -0.4 is 10.6 Å². The maximum absolute atomic E-state index is 11.7. The van der Waals surface area contributed by atoms with Gasteiger partial charge in [-0.2, -0.15) is 0 Å². The van der Waals surface area contributed by atoms with Gasteiger partial charge in [0.25, 0.3) is 5.91 Å². The number of pyridine rings is 1. The van der Waals surface area contributed by atoms with Crippen molar-refractivity contribution < 1.29 is 4.79 Å². The molecule has 98 valence electrons. The first-order chi connectivity index (χ1) is 8.63. The van der Waals surface area contributed by atoms with Crippen LogP contribution in [0.5, 0.6) is 0 Å². The lowest BCUT2D eigenvalue weighted by atomic mass is 10.1. The maximum Gasteiger partial charge on any atom is 0.253 e. The number of hydrogen-bond donors (Lipinski definition) is 2. The molecule has 2 N–H and O–H groups in total. The number of hydrogen-bond acceptors (Lipinski definition) is 3. The Kier molecular flexibility index (Phi) is 5.91. The van der Waals surface area contributed by atoms with Crippen molar-refractivity contribution in [3.63, 3.8) is 0 Å². The number of carbonyl (C=O) groups is 1. The Balaban J connectivity index is 2.55. The van der Waals surface area contributed by atoms with Gasteiger partial charge in [-0.05, 0) is 18.4 Å². The van der Waals surface area contributed by atoms with Crippen LogP contribution in [0.1, 0.15) is 30.6 Å². The van der Waals surface area contributed by atoms with Crippen molar-refractivity contribution in [2.45, 2.75) is 20.3 Å². The van der Waals surface area contributed by atoms with Gasteiger partial charge in [-0.15, -0.1) is 6.58 Å². The zero-order valence-electron chi connectivity index (χ0n) is 11.1. The minimum absolute atomic E-state index is 0.130. The van der Waals surface area contributed by atoms with E-state index < -0.39 is 0 Å². The minimum Gasteiger partial charge on any atom is -0.384 e. The quantitative estimate of drug-likeness (QED) is 0.728. The van der Waals surface area contributed by atoms with E-state index in [0.29, 0.717) is 18.0 Å². The Labute approximate surface area is 109 Å². The molecule has 0 bridgehead atoms. The summed E-state index contributed by atoms with van der Waals surface area (Å²) in [4.78, 5) is 15.8. The highest BCUT2D eigenvalue weighted by atomic mass is 16.1. The zero-order chi connectivity index (χ0) is 13.4. The summed E-state index contributed by atoms with van der Waals surface area (Å²) in [6.45, 7) is 9.27. The Hall–Kier alpha value is -1.84. The first kappa shape index (κ1) is 14.2. The highest BCUT2D eigenvalue weighted by molar-refractivity contribution is 5.94. The van der Waals surface area contributed by atoms with E-state index in [-0.39, 0.29) is 5.91 Å².